The summed E-state index contributed by atoms with van der Waals surface area (Å²) >= 11 is 0. The smallest absolute Gasteiger partial charge is 0.322 e. The first-order valence-corrected chi connectivity index (χ1v) is 6.58. The molecule has 0 aliphatic rings. The summed E-state index contributed by atoms with van der Waals surface area (Å²) in [7, 11) is 1.83. The van der Waals surface area contributed by atoms with Crippen LogP contribution in [-0.2, 0) is 7.05 Å². The summed E-state index contributed by atoms with van der Waals surface area (Å²) in [5.41, 5.74) is 7.73. The van der Waals surface area contributed by atoms with Gasteiger partial charge in [-0.2, -0.15) is 10.1 Å². The normalized spacial score (nSPS) is 10.7. The highest BCUT2D eigenvalue weighted by Gasteiger charge is 2.10. The molecule has 2 aromatic heterocycles. The molecule has 0 spiro atoms. The highest BCUT2D eigenvalue weighted by molar-refractivity contribution is 5.57. The number of nitrogen functional groups attached to an aromatic ring is 1. The highest BCUT2D eigenvalue weighted by atomic mass is 19.1. The predicted octanol–water partition coefficient (Wildman–Crippen LogP) is 2.70. The number of hydrogen-bond donors (Lipinski definition) is 1. The highest BCUT2D eigenvalue weighted by Crippen LogP contribution is 2.28. The van der Waals surface area contributed by atoms with Gasteiger partial charge < -0.3 is 10.5 Å². The van der Waals surface area contributed by atoms with Crippen molar-refractivity contribution >= 4 is 5.69 Å². The van der Waals surface area contributed by atoms with Gasteiger partial charge in [-0.15, -0.1) is 0 Å². The molecular weight excluding hydrogens is 285 g/mol. The van der Waals surface area contributed by atoms with E-state index in [1.165, 1.54) is 12.1 Å². The SMILES string of the molecule is Cc1cc(F)c(N)cc1Oc1nccc(-c2cnn(C)c2)n1. The van der Waals surface area contributed by atoms with Gasteiger partial charge in [0.1, 0.15) is 11.6 Å². The van der Waals surface area contributed by atoms with Gasteiger partial charge in [0.15, 0.2) is 0 Å². The van der Waals surface area contributed by atoms with E-state index in [4.69, 9.17) is 10.5 Å². The van der Waals surface area contributed by atoms with Crippen LogP contribution < -0.4 is 10.5 Å². The average Bonchev–Trinajstić information content (AvgIpc) is 2.92. The Morgan fingerprint density at radius 1 is 1.32 bits per heavy atom. The molecular formula is C15H14FN5O. The number of nitrogens with two attached hydrogens (primary N) is 1. The van der Waals surface area contributed by atoms with Crippen LogP contribution in [0.15, 0.2) is 36.8 Å². The Kier molecular flexibility index (Phi) is 3.46. The minimum absolute atomic E-state index is 0.0176. The predicted molar refractivity (Wildman–Crippen MR) is 79.9 cm³/mol. The van der Waals surface area contributed by atoms with Crippen LogP contribution in [-0.4, -0.2) is 19.7 Å². The lowest BCUT2D eigenvalue weighted by Crippen LogP contribution is -1.98. The maximum absolute atomic E-state index is 13.4. The molecule has 0 saturated heterocycles. The van der Waals surface area contributed by atoms with Gasteiger partial charge in [0, 0.05) is 31.1 Å². The molecule has 0 saturated carbocycles. The van der Waals surface area contributed by atoms with E-state index in [0.29, 0.717) is 17.0 Å². The van der Waals surface area contributed by atoms with Crippen LogP contribution in [0, 0.1) is 12.7 Å². The van der Waals surface area contributed by atoms with Crippen LogP contribution in [0.2, 0.25) is 0 Å². The first kappa shape index (κ1) is 14.0. The second kappa shape index (κ2) is 5.44. The van der Waals surface area contributed by atoms with Crippen LogP contribution >= 0.6 is 0 Å². The Balaban J connectivity index is 1.92. The molecule has 3 rings (SSSR count). The molecule has 0 unspecified atom stereocenters. The first-order valence-electron chi connectivity index (χ1n) is 6.58. The van der Waals surface area contributed by atoms with Crippen LogP contribution in [0.25, 0.3) is 11.3 Å². The van der Waals surface area contributed by atoms with Crippen molar-refractivity contribution in [3.63, 3.8) is 0 Å². The van der Waals surface area contributed by atoms with Gasteiger partial charge in [-0.25, -0.2) is 9.37 Å². The first-order chi connectivity index (χ1) is 10.5. The van der Waals surface area contributed by atoms with Crippen LogP contribution in [0.1, 0.15) is 5.56 Å². The fourth-order valence-corrected chi connectivity index (χ4v) is 1.98. The van der Waals surface area contributed by atoms with Crippen LogP contribution in [0.5, 0.6) is 11.8 Å². The van der Waals surface area contributed by atoms with Crippen molar-refractivity contribution in [3.05, 3.63) is 48.2 Å². The third-order valence-electron chi connectivity index (χ3n) is 3.13. The molecule has 3 aromatic rings. The van der Waals surface area contributed by atoms with E-state index in [2.05, 4.69) is 15.1 Å². The zero-order valence-corrected chi connectivity index (χ0v) is 12.1. The van der Waals surface area contributed by atoms with Crippen molar-refractivity contribution < 1.29 is 9.13 Å². The lowest BCUT2D eigenvalue weighted by Gasteiger charge is -2.09. The van der Waals surface area contributed by atoms with Crippen molar-refractivity contribution in [2.45, 2.75) is 6.92 Å². The Morgan fingerprint density at radius 2 is 2.14 bits per heavy atom. The van der Waals surface area contributed by atoms with E-state index in [1.54, 1.807) is 30.1 Å². The van der Waals surface area contributed by atoms with Gasteiger partial charge >= 0.3 is 6.01 Å². The number of benzene rings is 1. The van der Waals surface area contributed by atoms with Crippen molar-refractivity contribution in [2.75, 3.05) is 5.73 Å². The summed E-state index contributed by atoms with van der Waals surface area (Å²) in [5.74, 6) is -0.0582. The topological polar surface area (TPSA) is 78.9 Å². The fourth-order valence-electron chi connectivity index (χ4n) is 1.98. The molecule has 0 fully saturated rings. The molecule has 0 aliphatic heterocycles. The number of ether oxygens (including phenoxy) is 1. The summed E-state index contributed by atoms with van der Waals surface area (Å²) in [6.07, 6.45) is 5.13. The largest absolute Gasteiger partial charge is 0.424 e. The van der Waals surface area contributed by atoms with Crippen LogP contribution in [0.4, 0.5) is 10.1 Å². The number of aryl methyl sites for hydroxylation is 2. The second-order valence-electron chi connectivity index (χ2n) is 4.87. The average molecular weight is 299 g/mol. The monoisotopic (exact) mass is 299 g/mol. The van der Waals surface area contributed by atoms with Crippen molar-refractivity contribution in [2.24, 2.45) is 7.05 Å². The number of anilines is 1. The van der Waals surface area contributed by atoms with E-state index in [-0.39, 0.29) is 11.7 Å². The van der Waals surface area contributed by atoms with Gasteiger partial charge in [0.2, 0.25) is 0 Å². The van der Waals surface area contributed by atoms with E-state index >= 15 is 0 Å². The standard InChI is InChI=1S/C15H14FN5O/c1-9-5-11(16)12(17)6-14(9)22-15-18-4-3-13(20-15)10-7-19-21(2)8-10/h3-8H,17H2,1-2H3. The number of hydrogen-bond acceptors (Lipinski definition) is 5. The third kappa shape index (κ3) is 2.73. The molecule has 0 aliphatic carbocycles. The summed E-state index contributed by atoms with van der Waals surface area (Å²) in [6.45, 7) is 1.73. The van der Waals surface area contributed by atoms with E-state index in [1.807, 2.05) is 13.2 Å². The van der Waals surface area contributed by atoms with Gasteiger partial charge in [0.05, 0.1) is 17.6 Å². The summed E-state index contributed by atoms with van der Waals surface area (Å²) in [6, 6.07) is 4.66. The molecule has 22 heavy (non-hydrogen) atoms. The molecule has 2 heterocycles. The Morgan fingerprint density at radius 3 is 2.86 bits per heavy atom. The quantitative estimate of drug-likeness (QED) is 0.752. The van der Waals surface area contributed by atoms with E-state index in [9.17, 15) is 4.39 Å². The van der Waals surface area contributed by atoms with Crippen molar-refractivity contribution in [1.82, 2.24) is 19.7 Å². The van der Waals surface area contributed by atoms with Crippen molar-refractivity contribution in [3.8, 4) is 23.0 Å². The molecule has 0 amide bonds. The molecule has 2 N–H and O–H groups in total. The Bertz CT molecular complexity index is 831. The van der Waals surface area contributed by atoms with Gasteiger partial charge in [-0.3, -0.25) is 4.68 Å². The van der Waals surface area contributed by atoms with Crippen LogP contribution in [0.3, 0.4) is 0 Å². The van der Waals surface area contributed by atoms with Gasteiger partial charge in [0.25, 0.3) is 0 Å². The number of halogens is 1. The molecule has 112 valence electrons. The molecule has 7 heteroatoms. The zero-order chi connectivity index (χ0) is 15.7. The number of rotatable bonds is 3. The lowest BCUT2D eigenvalue weighted by atomic mass is 10.2. The minimum atomic E-state index is -0.477. The summed E-state index contributed by atoms with van der Waals surface area (Å²) < 4.78 is 20.7. The van der Waals surface area contributed by atoms with E-state index in [0.717, 1.165) is 5.56 Å². The Hall–Kier alpha value is -2.96. The number of nitrogens with zero attached hydrogens (tertiary/aromatic N) is 4. The maximum atomic E-state index is 13.4. The molecule has 6 nitrogen and oxygen atoms in total. The lowest BCUT2D eigenvalue weighted by molar-refractivity contribution is 0.438. The zero-order valence-electron chi connectivity index (χ0n) is 12.1. The second-order valence-corrected chi connectivity index (χ2v) is 4.87. The summed E-state index contributed by atoms with van der Waals surface area (Å²) in [4.78, 5) is 8.39. The van der Waals surface area contributed by atoms with Crippen molar-refractivity contribution in [1.29, 1.82) is 0 Å². The number of aromatic nitrogens is 4. The summed E-state index contributed by atoms with van der Waals surface area (Å²) in [5, 5.41) is 4.10. The molecule has 0 radical (unpaired) electrons. The minimum Gasteiger partial charge on any atom is -0.424 e. The molecule has 0 bridgehead atoms. The third-order valence-corrected chi connectivity index (χ3v) is 3.13. The molecule has 0 atom stereocenters. The Labute approximate surface area is 126 Å². The maximum Gasteiger partial charge on any atom is 0.322 e. The fraction of sp³-hybridized carbons (Fsp3) is 0.133. The molecule has 1 aromatic carbocycles. The van der Waals surface area contributed by atoms with Gasteiger partial charge in [-0.05, 0) is 24.6 Å². The van der Waals surface area contributed by atoms with E-state index < -0.39 is 5.82 Å². The van der Waals surface area contributed by atoms with Gasteiger partial charge in [-0.1, -0.05) is 0 Å².